The molecule has 8 nitrogen and oxygen atoms in total. The fourth-order valence-electron chi connectivity index (χ4n) is 3.05. The van der Waals surface area contributed by atoms with Gasteiger partial charge in [-0.3, -0.25) is 10.1 Å². The summed E-state index contributed by atoms with van der Waals surface area (Å²) in [5.74, 6) is 0.760. The van der Waals surface area contributed by atoms with Gasteiger partial charge in [-0.2, -0.15) is 4.31 Å². The summed E-state index contributed by atoms with van der Waals surface area (Å²) >= 11 is 0. The van der Waals surface area contributed by atoms with Crippen molar-refractivity contribution < 1.29 is 13.3 Å². The van der Waals surface area contributed by atoms with E-state index in [9.17, 15) is 18.5 Å². The average Bonchev–Trinajstić information content (AvgIpc) is 2.69. The molecule has 0 atom stereocenters. The summed E-state index contributed by atoms with van der Waals surface area (Å²) in [4.78, 5) is 16.8. The van der Waals surface area contributed by atoms with E-state index >= 15 is 0 Å². The molecule has 0 unspecified atom stereocenters. The number of nitrogens with zero attached hydrogens (tertiary/aromatic N) is 4. The van der Waals surface area contributed by atoms with Crippen LogP contribution in [0.5, 0.6) is 0 Å². The van der Waals surface area contributed by atoms with Gasteiger partial charge in [-0.15, -0.1) is 6.58 Å². The van der Waals surface area contributed by atoms with E-state index in [1.165, 1.54) is 34.6 Å². The van der Waals surface area contributed by atoms with Crippen LogP contribution in [-0.4, -0.2) is 55.1 Å². The SMILES string of the molecule is C=CCN(CCN(C)C(C)=Nc1cc(C)cc(C)c1)S(=O)(=O)c1ccc([N+](=O)[O-])cc1. The third-order valence-electron chi connectivity index (χ3n) is 4.75. The number of sulfonamides is 1. The molecule has 2 aromatic rings. The molecule has 0 amide bonds. The first kappa shape index (κ1) is 24.2. The Morgan fingerprint density at radius 2 is 1.71 bits per heavy atom. The van der Waals surface area contributed by atoms with Crippen molar-refractivity contribution in [3.63, 3.8) is 0 Å². The van der Waals surface area contributed by atoms with Gasteiger partial charge >= 0.3 is 0 Å². The molecule has 0 aromatic heterocycles. The highest BCUT2D eigenvalue weighted by molar-refractivity contribution is 7.89. The first-order valence-electron chi connectivity index (χ1n) is 9.75. The molecular weight excluding hydrogens is 416 g/mol. The number of aryl methyl sites for hydroxylation is 2. The van der Waals surface area contributed by atoms with Crippen LogP contribution in [0.25, 0.3) is 0 Å². The molecule has 9 heteroatoms. The monoisotopic (exact) mass is 444 g/mol. The third kappa shape index (κ3) is 6.47. The van der Waals surface area contributed by atoms with Crippen LogP contribution in [0.15, 0.2) is 65.0 Å². The molecule has 0 heterocycles. The predicted molar refractivity (Wildman–Crippen MR) is 123 cm³/mol. The predicted octanol–water partition coefficient (Wildman–Crippen LogP) is 4.07. The van der Waals surface area contributed by atoms with Crippen LogP contribution in [0.4, 0.5) is 11.4 Å². The second-order valence-corrected chi connectivity index (χ2v) is 9.27. The smallest absolute Gasteiger partial charge is 0.269 e. The average molecular weight is 445 g/mol. The summed E-state index contributed by atoms with van der Waals surface area (Å²) < 4.78 is 27.3. The minimum atomic E-state index is -3.82. The van der Waals surface area contributed by atoms with Crippen molar-refractivity contribution in [2.45, 2.75) is 25.7 Å². The van der Waals surface area contributed by atoms with Gasteiger partial charge in [0.1, 0.15) is 5.84 Å². The maximum Gasteiger partial charge on any atom is 0.269 e. The van der Waals surface area contributed by atoms with Gasteiger partial charge in [-0.25, -0.2) is 13.4 Å². The van der Waals surface area contributed by atoms with Crippen molar-refractivity contribution >= 4 is 27.2 Å². The maximum absolute atomic E-state index is 13.0. The van der Waals surface area contributed by atoms with Crippen molar-refractivity contribution in [1.29, 1.82) is 0 Å². The Morgan fingerprint density at radius 1 is 1.13 bits per heavy atom. The van der Waals surface area contributed by atoms with E-state index in [1.807, 2.05) is 44.9 Å². The second kappa shape index (κ2) is 10.3. The molecule has 0 N–H and O–H groups in total. The number of rotatable bonds is 9. The lowest BCUT2D eigenvalue weighted by Crippen LogP contribution is -2.39. The molecule has 0 radical (unpaired) electrons. The molecule has 166 valence electrons. The molecule has 0 bridgehead atoms. The van der Waals surface area contributed by atoms with Gasteiger partial charge in [0.2, 0.25) is 10.0 Å². The van der Waals surface area contributed by atoms with E-state index in [1.54, 1.807) is 0 Å². The minimum absolute atomic E-state index is 0.00299. The topological polar surface area (TPSA) is 96.1 Å². The summed E-state index contributed by atoms with van der Waals surface area (Å²) in [5, 5.41) is 10.8. The summed E-state index contributed by atoms with van der Waals surface area (Å²) in [6.07, 6.45) is 1.51. The van der Waals surface area contributed by atoms with E-state index < -0.39 is 14.9 Å². The van der Waals surface area contributed by atoms with Crippen LogP contribution in [0.2, 0.25) is 0 Å². The highest BCUT2D eigenvalue weighted by Crippen LogP contribution is 2.20. The molecule has 31 heavy (non-hydrogen) atoms. The zero-order valence-corrected chi connectivity index (χ0v) is 19.1. The number of benzene rings is 2. The van der Waals surface area contributed by atoms with Crippen LogP contribution < -0.4 is 0 Å². The maximum atomic E-state index is 13.0. The number of amidine groups is 1. The lowest BCUT2D eigenvalue weighted by molar-refractivity contribution is -0.384. The molecule has 2 rings (SSSR count). The first-order valence-corrected chi connectivity index (χ1v) is 11.2. The van der Waals surface area contributed by atoms with Crippen molar-refractivity contribution in [3.8, 4) is 0 Å². The summed E-state index contributed by atoms with van der Waals surface area (Å²) in [6.45, 7) is 10.3. The van der Waals surface area contributed by atoms with Crippen LogP contribution in [0.3, 0.4) is 0 Å². The Labute approximate surface area is 183 Å². The summed E-state index contributed by atoms with van der Waals surface area (Å²) in [5.41, 5.74) is 2.94. The fraction of sp³-hybridized carbons (Fsp3) is 0.318. The standard InChI is InChI=1S/C22H28N4O4S/c1-6-11-25(31(29,30)22-9-7-21(8-10-22)26(27)28)13-12-24(5)19(4)23-20-15-17(2)14-18(3)16-20/h6-10,14-16H,1,11-13H2,2-5H3. The Kier molecular flexibility index (Phi) is 8.07. The first-order chi connectivity index (χ1) is 14.5. The Morgan fingerprint density at radius 3 is 2.23 bits per heavy atom. The number of aliphatic imine (C=N–C) groups is 1. The van der Waals surface area contributed by atoms with Gasteiger partial charge in [-0.1, -0.05) is 12.1 Å². The van der Waals surface area contributed by atoms with E-state index in [0.29, 0.717) is 6.54 Å². The van der Waals surface area contributed by atoms with Gasteiger partial charge < -0.3 is 4.90 Å². The van der Waals surface area contributed by atoms with Crippen molar-refractivity contribution in [2.75, 3.05) is 26.7 Å². The number of nitro benzene ring substituents is 1. The number of non-ortho nitro benzene ring substituents is 1. The molecule has 0 aliphatic carbocycles. The second-order valence-electron chi connectivity index (χ2n) is 7.33. The van der Waals surface area contributed by atoms with Gasteiger partial charge in [0.05, 0.1) is 15.5 Å². The Bertz CT molecular complexity index is 1060. The van der Waals surface area contributed by atoms with Crippen LogP contribution in [0.1, 0.15) is 18.1 Å². The van der Waals surface area contributed by atoms with Crippen molar-refractivity contribution in [2.24, 2.45) is 4.99 Å². The van der Waals surface area contributed by atoms with Crippen LogP contribution in [-0.2, 0) is 10.0 Å². The van der Waals surface area contributed by atoms with Crippen molar-refractivity contribution in [1.82, 2.24) is 9.21 Å². The van der Waals surface area contributed by atoms with E-state index in [-0.39, 0.29) is 23.7 Å². The third-order valence-corrected chi connectivity index (χ3v) is 6.63. The molecule has 0 spiro atoms. The molecule has 0 fully saturated rings. The number of nitro groups is 1. The zero-order chi connectivity index (χ0) is 23.2. The lowest BCUT2D eigenvalue weighted by Gasteiger charge is -2.25. The molecule has 0 aliphatic rings. The summed E-state index contributed by atoms with van der Waals surface area (Å²) in [6, 6.07) is 10.9. The van der Waals surface area contributed by atoms with Crippen molar-refractivity contribution in [3.05, 3.63) is 76.4 Å². The van der Waals surface area contributed by atoms with E-state index in [2.05, 4.69) is 17.6 Å². The normalized spacial score (nSPS) is 12.1. The van der Waals surface area contributed by atoms with Gasteiger partial charge in [0, 0.05) is 38.8 Å². The quantitative estimate of drug-likeness (QED) is 0.191. The molecule has 0 saturated carbocycles. The van der Waals surface area contributed by atoms with E-state index in [4.69, 9.17) is 0 Å². The van der Waals surface area contributed by atoms with Crippen LogP contribution in [0, 0.1) is 24.0 Å². The van der Waals surface area contributed by atoms with Gasteiger partial charge in [-0.05, 0) is 56.2 Å². The number of hydrogen-bond acceptors (Lipinski definition) is 5. The Hall–Kier alpha value is -3.04. The molecule has 0 saturated heterocycles. The summed E-state index contributed by atoms with van der Waals surface area (Å²) in [7, 11) is -1.97. The zero-order valence-electron chi connectivity index (χ0n) is 18.3. The Balaban J connectivity index is 2.15. The fourth-order valence-corrected chi connectivity index (χ4v) is 4.46. The van der Waals surface area contributed by atoms with Gasteiger partial charge in [0.25, 0.3) is 5.69 Å². The highest BCUT2D eigenvalue weighted by atomic mass is 32.2. The van der Waals surface area contributed by atoms with Crippen LogP contribution >= 0.6 is 0 Å². The lowest BCUT2D eigenvalue weighted by atomic mass is 10.1. The highest BCUT2D eigenvalue weighted by Gasteiger charge is 2.24. The molecule has 0 aliphatic heterocycles. The number of hydrogen-bond donors (Lipinski definition) is 0. The minimum Gasteiger partial charge on any atom is -0.362 e. The molecule has 2 aromatic carbocycles. The van der Waals surface area contributed by atoms with Gasteiger partial charge in [0.15, 0.2) is 0 Å². The number of likely N-dealkylation sites (N-methyl/N-ethyl adjacent to an activating group) is 1. The van der Waals surface area contributed by atoms with E-state index in [0.717, 1.165) is 22.6 Å². The molecular formula is C22H28N4O4S. The largest absolute Gasteiger partial charge is 0.362 e.